The second kappa shape index (κ2) is 3.97. The van der Waals surface area contributed by atoms with E-state index >= 15 is 0 Å². The summed E-state index contributed by atoms with van der Waals surface area (Å²) in [7, 11) is 1.87. The number of carbonyl (C=O) groups is 1. The van der Waals surface area contributed by atoms with E-state index in [1.807, 2.05) is 20.0 Å². The van der Waals surface area contributed by atoms with Crippen LogP contribution in [0.15, 0.2) is 18.2 Å². The fourth-order valence-electron chi connectivity index (χ4n) is 3.24. The summed E-state index contributed by atoms with van der Waals surface area (Å²) in [6.45, 7) is 6.05. The predicted molar refractivity (Wildman–Crippen MR) is 69.3 cm³/mol. The summed E-state index contributed by atoms with van der Waals surface area (Å²) < 4.78 is 1.76. The molecular weight excluding hydrogens is 226 g/mol. The standard InChI is InChI=1S/C14H19N3O/c1-9-6-11-4-5-12(7-9)17(11)14(18)13-8-10(2)16(3)15-13/h8,11-12H,1,4-7H2,2-3H3. The molecule has 4 heteroatoms. The van der Waals surface area contributed by atoms with E-state index in [0.717, 1.165) is 31.4 Å². The van der Waals surface area contributed by atoms with Crippen LogP contribution in [0.1, 0.15) is 41.9 Å². The van der Waals surface area contributed by atoms with Gasteiger partial charge in [-0.1, -0.05) is 12.2 Å². The molecule has 0 aromatic carbocycles. The van der Waals surface area contributed by atoms with Gasteiger partial charge in [-0.05, 0) is 38.7 Å². The molecule has 2 fully saturated rings. The van der Waals surface area contributed by atoms with Gasteiger partial charge in [-0.2, -0.15) is 5.10 Å². The first-order valence-corrected chi connectivity index (χ1v) is 6.56. The molecule has 1 aromatic heterocycles. The van der Waals surface area contributed by atoms with Crippen LogP contribution in [0.5, 0.6) is 0 Å². The van der Waals surface area contributed by atoms with E-state index < -0.39 is 0 Å². The highest BCUT2D eigenvalue weighted by molar-refractivity contribution is 5.93. The maximum Gasteiger partial charge on any atom is 0.274 e. The third-order valence-corrected chi connectivity index (χ3v) is 4.24. The number of carbonyl (C=O) groups excluding carboxylic acids is 1. The highest BCUT2D eigenvalue weighted by Gasteiger charge is 2.41. The molecule has 18 heavy (non-hydrogen) atoms. The second-order valence-electron chi connectivity index (χ2n) is 5.55. The van der Waals surface area contributed by atoms with Crippen molar-refractivity contribution in [2.24, 2.45) is 7.05 Å². The number of nitrogens with zero attached hydrogens (tertiary/aromatic N) is 3. The van der Waals surface area contributed by atoms with E-state index in [1.54, 1.807) is 4.68 Å². The molecule has 3 heterocycles. The first-order valence-electron chi connectivity index (χ1n) is 6.56. The van der Waals surface area contributed by atoms with E-state index in [4.69, 9.17) is 0 Å². The molecule has 2 bridgehead atoms. The van der Waals surface area contributed by atoms with Crippen LogP contribution in [-0.4, -0.2) is 32.7 Å². The summed E-state index contributed by atoms with van der Waals surface area (Å²) in [4.78, 5) is 14.6. The molecule has 0 radical (unpaired) electrons. The first kappa shape index (κ1) is 11.5. The fourth-order valence-corrected chi connectivity index (χ4v) is 3.24. The molecule has 1 amide bonds. The Hall–Kier alpha value is -1.58. The highest BCUT2D eigenvalue weighted by Crippen LogP contribution is 2.38. The van der Waals surface area contributed by atoms with Gasteiger partial charge in [0.05, 0.1) is 0 Å². The van der Waals surface area contributed by atoms with Crippen LogP contribution in [-0.2, 0) is 7.05 Å². The lowest BCUT2D eigenvalue weighted by Gasteiger charge is -2.35. The topological polar surface area (TPSA) is 38.1 Å². The summed E-state index contributed by atoms with van der Waals surface area (Å²) >= 11 is 0. The van der Waals surface area contributed by atoms with Gasteiger partial charge in [-0.25, -0.2) is 0 Å². The Balaban J connectivity index is 1.87. The van der Waals surface area contributed by atoms with E-state index in [-0.39, 0.29) is 5.91 Å². The van der Waals surface area contributed by atoms with Crippen molar-refractivity contribution in [1.29, 1.82) is 0 Å². The van der Waals surface area contributed by atoms with Gasteiger partial charge in [0, 0.05) is 24.8 Å². The Morgan fingerprint density at radius 2 is 2.00 bits per heavy atom. The monoisotopic (exact) mass is 245 g/mol. The average molecular weight is 245 g/mol. The number of amides is 1. The van der Waals surface area contributed by atoms with Crippen molar-refractivity contribution in [3.8, 4) is 0 Å². The molecule has 2 aliphatic rings. The molecule has 3 rings (SSSR count). The summed E-state index contributed by atoms with van der Waals surface area (Å²) in [5, 5.41) is 4.30. The number of aryl methyl sites for hydroxylation is 2. The minimum absolute atomic E-state index is 0.0960. The lowest BCUT2D eigenvalue weighted by molar-refractivity contribution is 0.0628. The normalized spacial score (nSPS) is 26.8. The zero-order chi connectivity index (χ0) is 12.9. The lowest BCUT2D eigenvalue weighted by Crippen LogP contribution is -2.44. The lowest BCUT2D eigenvalue weighted by atomic mass is 9.98. The molecule has 0 N–H and O–H groups in total. The minimum atomic E-state index is 0.0960. The van der Waals surface area contributed by atoms with Crippen LogP contribution >= 0.6 is 0 Å². The van der Waals surface area contributed by atoms with Crippen LogP contribution in [0.2, 0.25) is 0 Å². The molecule has 2 atom stereocenters. The van der Waals surface area contributed by atoms with Gasteiger partial charge in [-0.3, -0.25) is 9.48 Å². The van der Waals surface area contributed by atoms with E-state index in [1.165, 1.54) is 5.57 Å². The van der Waals surface area contributed by atoms with Gasteiger partial charge >= 0.3 is 0 Å². The Labute approximate surface area is 107 Å². The third-order valence-electron chi connectivity index (χ3n) is 4.24. The molecule has 4 nitrogen and oxygen atoms in total. The average Bonchev–Trinajstić information content (AvgIpc) is 2.78. The van der Waals surface area contributed by atoms with E-state index in [9.17, 15) is 4.79 Å². The Bertz CT molecular complexity index is 482. The van der Waals surface area contributed by atoms with E-state index in [2.05, 4.69) is 16.6 Å². The summed E-state index contributed by atoms with van der Waals surface area (Å²) in [5.74, 6) is 0.0960. The fraction of sp³-hybridized carbons (Fsp3) is 0.571. The van der Waals surface area contributed by atoms with Crippen molar-refractivity contribution in [2.75, 3.05) is 0 Å². The largest absolute Gasteiger partial charge is 0.331 e. The summed E-state index contributed by atoms with van der Waals surface area (Å²) in [6.07, 6.45) is 4.16. The van der Waals surface area contributed by atoms with Crippen molar-refractivity contribution in [3.05, 3.63) is 29.6 Å². The quantitative estimate of drug-likeness (QED) is 0.710. The van der Waals surface area contributed by atoms with Gasteiger partial charge < -0.3 is 4.90 Å². The van der Waals surface area contributed by atoms with Crippen LogP contribution in [0.4, 0.5) is 0 Å². The number of fused-ring (bicyclic) bond motifs is 2. The van der Waals surface area contributed by atoms with Crippen LogP contribution in [0.25, 0.3) is 0 Å². The maximum atomic E-state index is 12.6. The number of hydrogen-bond donors (Lipinski definition) is 0. The molecular formula is C14H19N3O. The van der Waals surface area contributed by atoms with E-state index in [0.29, 0.717) is 17.8 Å². The second-order valence-corrected chi connectivity index (χ2v) is 5.55. The van der Waals surface area contributed by atoms with Crippen LogP contribution < -0.4 is 0 Å². The maximum absolute atomic E-state index is 12.6. The van der Waals surface area contributed by atoms with Gasteiger partial charge in [0.15, 0.2) is 5.69 Å². The smallest absolute Gasteiger partial charge is 0.274 e. The zero-order valence-corrected chi connectivity index (χ0v) is 11.0. The van der Waals surface area contributed by atoms with Crippen molar-refractivity contribution in [3.63, 3.8) is 0 Å². The van der Waals surface area contributed by atoms with Gasteiger partial charge in [-0.15, -0.1) is 0 Å². The van der Waals surface area contributed by atoms with Crippen molar-refractivity contribution < 1.29 is 4.79 Å². The minimum Gasteiger partial charge on any atom is -0.331 e. The Morgan fingerprint density at radius 3 is 2.50 bits per heavy atom. The molecule has 2 aliphatic heterocycles. The molecule has 0 aliphatic carbocycles. The molecule has 0 spiro atoms. The Kier molecular flexibility index (Phi) is 2.54. The zero-order valence-electron chi connectivity index (χ0n) is 11.0. The van der Waals surface area contributed by atoms with Crippen LogP contribution in [0, 0.1) is 6.92 Å². The number of rotatable bonds is 1. The van der Waals surface area contributed by atoms with Gasteiger partial charge in [0.1, 0.15) is 0 Å². The third kappa shape index (κ3) is 1.67. The molecule has 0 saturated carbocycles. The van der Waals surface area contributed by atoms with Crippen molar-refractivity contribution >= 4 is 5.91 Å². The van der Waals surface area contributed by atoms with Crippen molar-refractivity contribution in [1.82, 2.24) is 14.7 Å². The highest BCUT2D eigenvalue weighted by atomic mass is 16.2. The molecule has 96 valence electrons. The summed E-state index contributed by atoms with van der Waals surface area (Å²) in [6, 6.07) is 2.59. The SMILES string of the molecule is C=C1CC2CCC(C1)N2C(=O)c1cc(C)n(C)n1. The Morgan fingerprint density at radius 1 is 1.39 bits per heavy atom. The van der Waals surface area contributed by atoms with Crippen LogP contribution in [0.3, 0.4) is 0 Å². The summed E-state index contributed by atoms with van der Waals surface area (Å²) in [5.41, 5.74) is 2.90. The predicted octanol–water partition coefficient (Wildman–Crippen LogP) is 2.05. The molecule has 2 saturated heterocycles. The van der Waals surface area contributed by atoms with Gasteiger partial charge in [0.25, 0.3) is 5.91 Å². The molecule has 1 aromatic rings. The molecule has 2 unspecified atom stereocenters. The first-order chi connectivity index (χ1) is 8.56. The van der Waals surface area contributed by atoms with Gasteiger partial charge in [0.2, 0.25) is 0 Å². The number of hydrogen-bond acceptors (Lipinski definition) is 2. The number of piperidine rings is 1. The number of aromatic nitrogens is 2. The van der Waals surface area contributed by atoms with Crippen molar-refractivity contribution in [2.45, 2.75) is 44.7 Å².